The zero-order chi connectivity index (χ0) is 12.3. The average Bonchev–Trinajstić information content (AvgIpc) is 2.19. The summed E-state index contributed by atoms with van der Waals surface area (Å²) in [6, 6.07) is 6.07. The van der Waals surface area contributed by atoms with Crippen molar-refractivity contribution in [3.63, 3.8) is 0 Å². The predicted octanol–water partition coefficient (Wildman–Crippen LogP) is 3.70. The fraction of sp³-hybridized carbons (Fsp3) is 0.200. The van der Waals surface area contributed by atoms with Gasteiger partial charge in [-0.25, -0.2) is 4.99 Å². The molecule has 0 atom stereocenters. The first-order chi connectivity index (χ1) is 7.34. The normalized spacial score (nSPS) is 12.4. The third-order valence-corrected chi connectivity index (χ3v) is 2.09. The minimum absolute atomic E-state index is 0.0429. The molecule has 0 bridgehead atoms. The summed E-state index contributed by atoms with van der Waals surface area (Å²) in [6.45, 7) is 1.58. The fourth-order valence-corrected chi connectivity index (χ4v) is 1.06. The Morgan fingerprint density at radius 2 is 2.06 bits per heavy atom. The molecule has 0 aromatic heterocycles. The Bertz CT molecular complexity index is 472. The van der Waals surface area contributed by atoms with Crippen LogP contribution in [0.5, 0.6) is 0 Å². The van der Waals surface area contributed by atoms with Gasteiger partial charge < -0.3 is 0 Å². The van der Waals surface area contributed by atoms with E-state index in [1.54, 1.807) is 6.92 Å². The number of halogens is 4. The van der Waals surface area contributed by atoms with E-state index in [9.17, 15) is 13.2 Å². The van der Waals surface area contributed by atoms with E-state index in [1.807, 2.05) is 6.07 Å². The van der Waals surface area contributed by atoms with Gasteiger partial charge in [0.1, 0.15) is 0 Å². The maximum absolute atomic E-state index is 12.1. The van der Waals surface area contributed by atoms with Crippen LogP contribution in [0.15, 0.2) is 23.2 Å². The third kappa shape index (κ3) is 2.97. The minimum Gasteiger partial charge on any atom is -0.232 e. The molecular formula is C10H6ClF3N2. The number of alkyl halides is 3. The number of hydrogen-bond donors (Lipinski definition) is 0. The highest BCUT2D eigenvalue weighted by molar-refractivity contribution is 6.67. The lowest BCUT2D eigenvalue weighted by Gasteiger charge is -2.05. The van der Waals surface area contributed by atoms with Crippen molar-refractivity contribution >= 4 is 22.5 Å². The number of aliphatic imine (C=N–C) groups is 1. The average molecular weight is 247 g/mol. The van der Waals surface area contributed by atoms with Crippen molar-refractivity contribution in [3.8, 4) is 6.07 Å². The molecule has 0 amide bonds. The highest BCUT2D eigenvalue weighted by Crippen LogP contribution is 2.26. The van der Waals surface area contributed by atoms with Crippen LogP contribution in [0.2, 0.25) is 0 Å². The zero-order valence-electron chi connectivity index (χ0n) is 8.14. The number of nitriles is 1. The van der Waals surface area contributed by atoms with E-state index in [0.29, 0.717) is 5.56 Å². The van der Waals surface area contributed by atoms with Crippen molar-refractivity contribution in [3.05, 3.63) is 29.3 Å². The number of nitrogens with zero attached hydrogens (tertiary/aromatic N) is 2. The number of benzene rings is 1. The first-order valence-electron chi connectivity index (χ1n) is 4.16. The predicted molar refractivity (Wildman–Crippen MR) is 54.9 cm³/mol. The number of hydrogen-bond acceptors (Lipinski definition) is 2. The second-order valence-electron chi connectivity index (χ2n) is 3.01. The van der Waals surface area contributed by atoms with Crippen molar-refractivity contribution in [1.29, 1.82) is 5.26 Å². The highest BCUT2D eigenvalue weighted by Gasteiger charge is 2.34. The fourth-order valence-electron chi connectivity index (χ4n) is 0.969. The number of rotatable bonds is 1. The van der Waals surface area contributed by atoms with Crippen molar-refractivity contribution in [1.82, 2.24) is 0 Å². The van der Waals surface area contributed by atoms with Crippen LogP contribution < -0.4 is 0 Å². The summed E-state index contributed by atoms with van der Waals surface area (Å²) in [7, 11) is 0. The Hall–Kier alpha value is -1.54. The molecule has 0 heterocycles. The lowest BCUT2D eigenvalue weighted by molar-refractivity contribution is -0.0558. The van der Waals surface area contributed by atoms with Crippen LogP contribution in [-0.2, 0) is 0 Å². The van der Waals surface area contributed by atoms with Gasteiger partial charge in [0, 0.05) is 0 Å². The number of aryl methyl sites for hydroxylation is 1. The Morgan fingerprint density at radius 1 is 1.44 bits per heavy atom. The Morgan fingerprint density at radius 3 is 2.56 bits per heavy atom. The maximum Gasteiger partial charge on any atom is 0.444 e. The Kier molecular flexibility index (Phi) is 3.55. The first-order valence-corrected chi connectivity index (χ1v) is 4.54. The lowest BCUT2D eigenvalue weighted by atomic mass is 10.1. The summed E-state index contributed by atoms with van der Waals surface area (Å²) in [5, 5.41) is 7.14. The second kappa shape index (κ2) is 4.54. The molecule has 16 heavy (non-hydrogen) atoms. The van der Waals surface area contributed by atoms with E-state index in [4.69, 9.17) is 16.9 Å². The minimum atomic E-state index is -4.67. The quantitative estimate of drug-likeness (QED) is 0.696. The largest absolute Gasteiger partial charge is 0.444 e. The van der Waals surface area contributed by atoms with Crippen molar-refractivity contribution in [2.45, 2.75) is 13.1 Å². The van der Waals surface area contributed by atoms with Gasteiger partial charge in [0.2, 0.25) is 5.17 Å². The summed E-state index contributed by atoms with van der Waals surface area (Å²) >= 11 is 5.00. The van der Waals surface area contributed by atoms with Crippen LogP contribution in [0.3, 0.4) is 0 Å². The molecule has 0 spiro atoms. The standard InChI is InChI=1S/C10H6ClF3N2/c1-6-2-3-7(5-15)4-8(6)16-9(11)10(12,13)14/h2-4H,1H3. The van der Waals surface area contributed by atoms with Gasteiger partial charge in [-0.1, -0.05) is 17.7 Å². The monoisotopic (exact) mass is 246 g/mol. The van der Waals surface area contributed by atoms with Crippen LogP contribution in [0.1, 0.15) is 11.1 Å². The van der Waals surface area contributed by atoms with Crippen LogP contribution in [0.25, 0.3) is 0 Å². The topological polar surface area (TPSA) is 36.1 Å². The molecule has 0 N–H and O–H groups in total. The van der Waals surface area contributed by atoms with Gasteiger partial charge in [0.05, 0.1) is 17.3 Å². The van der Waals surface area contributed by atoms with E-state index in [2.05, 4.69) is 4.99 Å². The van der Waals surface area contributed by atoms with Crippen molar-refractivity contribution in [2.75, 3.05) is 0 Å². The van der Waals surface area contributed by atoms with Gasteiger partial charge >= 0.3 is 6.18 Å². The van der Waals surface area contributed by atoms with E-state index >= 15 is 0 Å². The van der Waals surface area contributed by atoms with Crippen LogP contribution in [0.4, 0.5) is 18.9 Å². The first kappa shape index (κ1) is 12.5. The van der Waals surface area contributed by atoms with Gasteiger partial charge in [-0.2, -0.15) is 18.4 Å². The van der Waals surface area contributed by atoms with E-state index in [-0.39, 0.29) is 11.3 Å². The molecule has 0 aliphatic heterocycles. The molecule has 1 aromatic rings. The van der Waals surface area contributed by atoms with Crippen molar-refractivity contribution < 1.29 is 13.2 Å². The smallest absolute Gasteiger partial charge is 0.232 e. The molecule has 0 fully saturated rings. The molecule has 0 unspecified atom stereocenters. The summed E-state index contributed by atoms with van der Waals surface area (Å²) in [5.41, 5.74) is 0.791. The Balaban J connectivity index is 3.20. The van der Waals surface area contributed by atoms with Crippen molar-refractivity contribution in [2.24, 2.45) is 4.99 Å². The highest BCUT2D eigenvalue weighted by atomic mass is 35.5. The molecule has 1 rings (SSSR count). The SMILES string of the molecule is Cc1ccc(C#N)cc1N=C(Cl)C(F)(F)F. The molecule has 2 nitrogen and oxygen atoms in total. The van der Waals surface area contributed by atoms with E-state index in [1.165, 1.54) is 18.2 Å². The molecule has 0 aliphatic carbocycles. The molecule has 0 saturated carbocycles. The van der Waals surface area contributed by atoms with E-state index in [0.717, 1.165) is 0 Å². The maximum atomic E-state index is 12.1. The van der Waals surface area contributed by atoms with Gasteiger partial charge in [0.25, 0.3) is 0 Å². The van der Waals surface area contributed by atoms with Gasteiger partial charge in [-0.3, -0.25) is 0 Å². The third-order valence-electron chi connectivity index (χ3n) is 1.79. The lowest BCUT2D eigenvalue weighted by Crippen LogP contribution is -2.16. The van der Waals surface area contributed by atoms with E-state index < -0.39 is 11.3 Å². The summed E-state index contributed by atoms with van der Waals surface area (Å²) in [6.07, 6.45) is -4.67. The molecule has 0 radical (unpaired) electrons. The molecule has 1 aromatic carbocycles. The van der Waals surface area contributed by atoms with Crippen LogP contribution in [-0.4, -0.2) is 11.3 Å². The molecule has 84 valence electrons. The van der Waals surface area contributed by atoms with Gasteiger partial charge in [-0.15, -0.1) is 0 Å². The second-order valence-corrected chi connectivity index (χ2v) is 3.37. The molecule has 6 heteroatoms. The van der Waals surface area contributed by atoms with Crippen LogP contribution in [0, 0.1) is 18.3 Å². The molecular weight excluding hydrogens is 241 g/mol. The Labute approximate surface area is 95.0 Å². The zero-order valence-corrected chi connectivity index (χ0v) is 8.89. The summed E-state index contributed by atoms with van der Waals surface area (Å²) in [5.74, 6) is 0. The van der Waals surface area contributed by atoms with Crippen LogP contribution >= 0.6 is 11.6 Å². The van der Waals surface area contributed by atoms with Gasteiger partial charge in [-0.05, 0) is 24.6 Å². The molecule has 0 saturated heterocycles. The van der Waals surface area contributed by atoms with Gasteiger partial charge in [0.15, 0.2) is 0 Å². The summed E-state index contributed by atoms with van der Waals surface area (Å²) in [4.78, 5) is 3.24. The molecule has 0 aliphatic rings. The summed E-state index contributed by atoms with van der Waals surface area (Å²) < 4.78 is 36.4.